The third-order valence-electron chi connectivity index (χ3n) is 6.48. The van der Waals surface area contributed by atoms with E-state index in [1.807, 2.05) is 67.6 Å². The van der Waals surface area contributed by atoms with Crippen LogP contribution in [-0.4, -0.2) is 25.7 Å². The lowest BCUT2D eigenvalue weighted by Crippen LogP contribution is -2.29. The molecule has 0 spiro atoms. The first kappa shape index (κ1) is 23.6. The molecule has 182 valence electrons. The zero-order valence-corrected chi connectivity index (χ0v) is 21.1. The number of pyridine rings is 1. The van der Waals surface area contributed by atoms with Crippen LogP contribution in [0.15, 0.2) is 79.0 Å². The van der Waals surface area contributed by atoms with Crippen molar-refractivity contribution in [1.29, 1.82) is 0 Å². The van der Waals surface area contributed by atoms with Crippen LogP contribution in [0.5, 0.6) is 5.75 Å². The summed E-state index contributed by atoms with van der Waals surface area (Å²) in [6.07, 6.45) is 1.79. The number of nitrogens with one attached hydrogen (secondary N) is 2. The molecule has 1 saturated heterocycles. The second-order valence-corrected chi connectivity index (χ2v) is 9.26. The van der Waals surface area contributed by atoms with E-state index in [-0.39, 0.29) is 23.7 Å². The van der Waals surface area contributed by atoms with E-state index in [9.17, 15) is 9.90 Å². The van der Waals surface area contributed by atoms with Crippen LogP contribution in [-0.2, 0) is 4.79 Å². The largest absolute Gasteiger partial charge is 0.506 e. The number of hydrogen-bond donors (Lipinski definition) is 3. The fourth-order valence-electron chi connectivity index (χ4n) is 4.97. The highest BCUT2D eigenvalue weighted by Gasteiger charge is 2.42. The standard InChI is InChI=1S/C28H27N5O2S/c1-17-16-22(18(2)32(17)24-9-4-5-10-25(24)35)27-26(23-8-6-7-15-29-23)31-28(36)33(27)21-13-11-20(12-14-21)30-19(3)34/h4-16,26-27,35H,1-3H3,(H,30,34)(H,31,36)/t26-,27+/m1/s1. The first-order chi connectivity index (χ1) is 17.3. The number of aromatic hydroxyl groups is 1. The molecule has 0 radical (unpaired) electrons. The number of carbonyl (C=O) groups excluding carboxylic acids is 1. The van der Waals surface area contributed by atoms with Gasteiger partial charge in [-0.3, -0.25) is 9.78 Å². The molecule has 36 heavy (non-hydrogen) atoms. The summed E-state index contributed by atoms with van der Waals surface area (Å²) in [5.41, 5.74) is 6.32. The minimum atomic E-state index is -0.190. The van der Waals surface area contributed by atoms with Crippen LogP contribution in [0.25, 0.3) is 5.69 Å². The van der Waals surface area contributed by atoms with Gasteiger partial charge in [0.1, 0.15) is 5.75 Å². The smallest absolute Gasteiger partial charge is 0.221 e. The minimum absolute atomic E-state index is 0.120. The lowest BCUT2D eigenvalue weighted by Gasteiger charge is -2.28. The van der Waals surface area contributed by atoms with Gasteiger partial charge >= 0.3 is 0 Å². The maximum absolute atomic E-state index is 11.5. The zero-order chi connectivity index (χ0) is 25.4. The van der Waals surface area contributed by atoms with Crippen molar-refractivity contribution in [2.75, 3.05) is 10.2 Å². The number of phenols is 1. The number of carbonyl (C=O) groups is 1. The topological polar surface area (TPSA) is 82.4 Å². The maximum atomic E-state index is 11.5. The third-order valence-corrected chi connectivity index (χ3v) is 6.79. The van der Waals surface area contributed by atoms with Crippen LogP contribution in [0.4, 0.5) is 11.4 Å². The Morgan fingerprint density at radius 3 is 2.44 bits per heavy atom. The van der Waals surface area contributed by atoms with Crippen molar-refractivity contribution in [3.8, 4) is 11.4 Å². The Balaban J connectivity index is 1.64. The van der Waals surface area contributed by atoms with Gasteiger partial charge in [-0.1, -0.05) is 18.2 Å². The quantitative estimate of drug-likeness (QED) is 0.323. The molecule has 5 rings (SSSR count). The second kappa shape index (κ2) is 9.47. The number of hydrogen-bond acceptors (Lipinski definition) is 4. The Hall–Kier alpha value is -4.17. The van der Waals surface area contributed by atoms with E-state index >= 15 is 0 Å². The van der Waals surface area contributed by atoms with Crippen molar-refractivity contribution >= 4 is 34.6 Å². The van der Waals surface area contributed by atoms with Crippen molar-refractivity contribution < 1.29 is 9.90 Å². The molecule has 3 N–H and O–H groups in total. The summed E-state index contributed by atoms with van der Waals surface area (Å²) in [5.74, 6) is 0.100. The van der Waals surface area contributed by atoms with Gasteiger partial charge in [0.2, 0.25) is 5.91 Å². The first-order valence-corrected chi connectivity index (χ1v) is 12.1. The molecule has 8 heteroatoms. The molecule has 3 heterocycles. The van der Waals surface area contributed by atoms with Crippen molar-refractivity contribution in [3.05, 3.63) is 102 Å². The van der Waals surface area contributed by atoms with Crippen molar-refractivity contribution in [2.24, 2.45) is 0 Å². The molecule has 0 saturated carbocycles. The number of anilines is 2. The molecule has 2 aromatic heterocycles. The SMILES string of the molecule is CC(=O)Nc1ccc(N2C(=S)N[C@H](c3ccccn3)[C@@H]2c2cc(C)n(-c3ccccc3O)c2C)cc1. The number of rotatable bonds is 5. The molecule has 4 aromatic rings. The zero-order valence-electron chi connectivity index (χ0n) is 20.3. The number of nitrogens with zero attached hydrogens (tertiary/aromatic N) is 3. The van der Waals surface area contributed by atoms with Gasteiger partial charge in [0.05, 0.1) is 23.5 Å². The lowest BCUT2D eigenvalue weighted by atomic mass is 9.96. The van der Waals surface area contributed by atoms with Gasteiger partial charge in [-0.2, -0.15) is 0 Å². The molecule has 2 atom stereocenters. The van der Waals surface area contributed by atoms with Gasteiger partial charge in [-0.05, 0) is 86.2 Å². The summed E-state index contributed by atoms with van der Waals surface area (Å²) in [6.45, 7) is 5.58. The molecule has 1 aliphatic heterocycles. The Bertz CT molecular complexity index is 1430. The van der Waals surface area contributed by atoms with Crippen LogP contribution in [0.3, 0.4) is 0 Å². The van der Waals surface area contributed by atoms with Crippen LogP contribution < -0.4 is 15.5 Å². The predicted molar refractivity (Wildman–Crippen MR) is 146 cm³/mol. The van der Waals surface area contributed by atoms with Crippen LogP contribution in [0, 0.1) is 13.8 Å². The Morgan fingerprint density at radius 2 is 1.78 bits per heavy atom. The van der Waals surface area contributed by atoms with Crippen LogP contribution in [0.1, 0.15) is 41.7 Å². The third kappa shape index (κ3) is 4.20. The number of phenolic OH excluding ortho intramolecular Hbond substituents is 1. The first-order valence-electron chi connectivity index (χ1n) is 11.7. The number of aromatic nitrogens is 2. The highest BCUT2D eigenvalue weighted by atomic mass is 32.1. The normalized spacial score (nSPS) is 17.2. The van der Waals surface area contributed by atoms with Gasteiger partial charge in [-0.15, -0.1) is 0 Å². The van der Waals surface area contributed by atoms with Gasteiger partial charge in [0, 0.05) is 35.9 Å². The summed E-state index contributed by atoms with van der Waals surface area (Å²) in [7, 11) is 0. The molecule has 1 amide bonds. The average Bonchev–Trinajstić information content (AvgIpc) is 3.35. The van der Waals surface area contributed by atoms with Crippen LogP contribution in [0.2, 0.25) is 0 Å². The Morgan fingerprint density at radius 1 is 1.06 bits per heavy atom. The molecule has 1 aliphatic rings. The van der Waals surface area contributed by atoms with E-state index < -0.39 is 0 Å². The maximum Gasteiger partial charge on any atom is 0.221 e. The van der Waals surface area contributed by atoms with Gasteiger partial charge in [0.25, 0.3) is 0 Å². The number of para-hydroxylation sites is 2. The second-order valence-electron chi connectivity index (χ2n) is 8.88. The molecule has 0 unspecified atom stereocenters. The summed E-state index contributed by atoms with van der Waals surface area (Å²) in [4.78, 5) is 18.2. The van der Waals surface area contributed by atoms with Crippen molar-refractivity contribution in [1.82, 2.24) is 14.9 Å². The number of thiocarbonyl (C=S) groups is 1. The van der Waals surface area contributed by atoms with Crippen molar-refractivity contribution in [2.45, 2.75) is 32.9 Å². The highest BCUT2D eigenvalue weighted by molar-refractivity contribution is 7.80. The molecule has 0 aliphatic carbocycles. The fraction of sp³-hybridized carbons (Fsp3) is 0.179. The Kier molecular flexibility index (Phi) is 6.20. The summed E-state index contributed by atoms with van der Waals surface area (Å²) < 4.78 is 2.07. The minimum Gasteiger partial charge on any atom is -0.506 e. The van der Waals surface area contributed by atoms with E-state index in [1.54, 1.807) is 12.3 Å². The average molecular weight is 498 g/mol. The molecule has 7 nitrogen and oxygen atoms in total. The number of amides is 1. The number of benzene rings is 2. The van der Waals surface area contributed by atoms with E-state index in [0.29, 0.717) is 5.11 Å². The van der Waals surface area contributed by atoms with E-state index in [0.717, 1.165) is 39.7 Å². The van der Waals surface area contributed by atoms with Gasteiger partial charge in [-0.25, -0.2) is 0 Å². The van der Waals surface area contributed by atoms with Gasteiger partial charge in [0.15, 0.2) is 5.11 Å². The van der Waals surface area contributed by atoms with E-state index in [1.165, 1.54) is 6.92 Å². The van der Waals surface area contributed by atoms with Crippen LogP contribution >= 0.6 is 12.2 Å². The Labute approximate surface area is 215 Å². The number of aryl methyl sites for hydroxylation is 1. The molecule has 1 fully saturated rings. The van der Waals surface area contributed by atoms with Gasteiger partial charge < -0.3 is 25.2 Å². The molecular formula is C28H27N5O2S. The predicted octanol–water partition coefficient (Wildman–Crippen LogP) is 5.33. The lowest BCUT2D eigenvalue weighted by molar-refractivity contribution is -0.114. The fourth-order valence-corrected chi connectivity index (χ4v) is 5.31. The monoisotopic (exact) mass is 497 g/mol. The molecule has 2 aromatic carbocycles. The summed E-state index contributed by atoms with van der Waals surface area (Å²) in [5, 5.41) is 17.5. The van der Waals surface area contributed by atoms with Crippen molar-refractivity contribution in [3.63, 3.8) is 0 Å². The molecular weight excluding hydrogens is 470 g/mol. The summed E-state index contributed by atoms with van der Waals surface area (Å²) in [6, 6.07) is 22.6. The molecule has 0 bridgehead atoms. The van der Waals surface area contributed by atoms with E-state index in [2.05, 4.69) is 38.1 Å². The highest BCUT2D eigenvalue weighted by Crippen LogP contribution is 2.44. The van der Waals surface area contributed by atoms with E-state index in [4.69, 9.17) is 12.2 Å². The summed E-state index contributed by atoms with van der Waals surface area (Å²) >= 11 is 5.85.